The van der Waals surface area contributed by atoms with E-state index in [1.54, 1.807) is 20.2 Å². The number of aromatic nitrogens is 9. The van der Waals surface area contributed by atoms with Crippen LogP contribution in [0.15, 0.2) is 23.7 Å². The van der Waals surface area contributed by atoms with Gasteiger partial charge < -0.3 is 58.0 Å². The van der Waals surface area contributed by atoms with E-state index in [0.717, 1.165) is 12.8 Å². The Morgan fingerprint density at radius 2 is 1.09 bits per heavy atom. The molecule has 0 saturated heterocycles. The zero-order valence-electron chi connectivity index (χ0n) is 37.9. The number of ether oxygens (including phenoxy) is 10. The highest BCUT2D eigenvalue weighted by Gasteiger charge is 2.14. The molecule has 0 aliphatic rings. The first kappa shape index (κ1) is 54.7. The van der Waals surface area contributed by atoms with Crippen molar-refractivity contribution in [2.75, 3.05) is 126 Å². The summed E-state index contributed by atoms with van der Waals surface area (Å²) in [5, 5.41) is 34.3. The van der Waals surface area contributed by atoms with Crippen molar-refractivity contribution < 1.29 is 52.2 Å². The molecule has 1 amide bonds. The number of hydrogen-bond donors (Lipinski definition) is 2. The molecule has 2 unspecified atom stereocenters. The van der Waals surface area contributed by atoms with Crippen LogP contribution in [0.5, 0.6) is 0 Å². The molecule has 0 aromatic carbocycles. The van der Waals surface area contributed by atoms with Crippen LogP contribution in [-0.4, -0.2) is 189 Å². The molecule has 3 aromatic rings. The van der Waals surface area contributed by atoms with E-state index in [2.05, 4.69) is 57.5 Å². The van der Waals surface area contributed by atoms with E-state index < -0.39 is 0 Å². The summed E-state index contributed by atoms with van der Waals surface area (Å²) < 4.78 is 61.4. The third-order valence-electron chi connectivity index (χ3n) is 8.78. The van der Waals surface area contributed by atoms with E-state index in [4.69, 9.17) is 59.3 Å². The molecule has 3 aromatic heterocycles. The maximum atomic E-state index is 12.2. The first-order valence-corrected chi connectivity index (χ1v) is 21.9. The van der Waals surface area contributed by atoms with Crippen LogP contribution in [-0.2, 0) is 91.6 Å². The highest BCUT2D eigenvalue weighted by Crippen LogP contribution is 2.01. The van der Waals surface area contributed by atoms with Gasteiger partial charge in [0.15, 0.2) is 0 Å². The van der Waals surface area contributed by atoms with Crippen molar-refractivity contribution in [2.24, 2.45) is 5.11 Å². The van der Waals surface area contributed by atoms with E-state index in [9.17, 15) is 4.79 Å². The van der Waals surface area contributed by atoms with Crippen molar-refractivity contribution in [3.8, 4) is 12.3 Å². The molecule has 3 rings (SSSR count). The maximum Gasteiger partial charge on any atom is 0.220 e. The molecule has 25 heteroatoms. The van der Waals surface area contributed by atoms with Crippen LogP contribution < -0.4 is 10.6 Å². The zero-order valence-corrected chi connectivity index (χ0v) is 37.9. The minimum absolute atomic E-state index is 0.0178. The fourth-order valence-corrected chi connectivity index (χ4v) is 5.39. The Bertz CT molecular complexity index is 1720. The van der Waals surface area contributed by atoms with Gasteiger partial charge in [-0.1, -0.05) is 40.0 Å². The van der Waals surface area contributed by atoms with Crippen molar-refractivity contribution in [3.63, 3.8) is 0 Å². The van der Waals surface area contributed by atoms with E-state index in [-0.39, 0.29) is 31.2 Å². The van der Waals surface area contributed by atoms with Gasteiger partial charge >= 0.3 is 0 Å². The molecule has 2 N–H and O–H groups in total. The fourth-order valence-electron chi connectivity index (χ4n) is 5.39. The quantitative estimate of drug-likeness (QED) is 0.0260. The van der Waals surface area contributed by atoms with Gasteiger partial charge in [-0.15, -0.1) is 21.7 Å². The Labute approximate surface area is 380 Å². The Morgan fingerprint density at radius 1 is 0.662 bits per heavy atom. The van der Waals surface area contributed by atoms with Crippen LogP contribution in [0.4, 0.5) is 0 Å². The number of likely N-dealkylation sites (N-methyl/N-ethyl adjacent to an activating group) is 1. The summed E-state index contributed by atoms with van der Waals surface area (Å²) in [6.45, 7) is 11.5. The van der Waals surface area contributed by atoms with Crippen molar-refractivity contribution in [1.29, 1.82) is 0 Å². The van der Waals surface area contributed by atoms with Crippen LogP contribution in [0.25, 0.3) is 10.4 Å². The lowest BCUT2D eigenvalue weighted by molar-refractivity contribution is -0.123. The van der Waals surface area contributed by atoms with Crippen LogP contribution in [0.1, 0.15) is 43.3 Å². The molecule has 0 spiro atoms. The van der Waals surface area contributed by atoms with E-state index in [1.807, 2.05) is 26.4 Å². The summed E-state index contributed by atoms with van der Waals surface area (Å²) in [7, 11) is 1.86. The monoisotopic (exact) mass is 921 g/mol. The third kappa shape index (κ3) is 28.1. The van der Waals surface area contributed by atoms with Gasteiger partial charge in [0, 0.05) is 17.9 Å². The van der Waals surface area contributed by atoms with Crippen molar-refractivity contribution in [1.82, 2.24) is 55.6 Å². The number of carbonyl (C=O) groups is 1. The number of nitrogens with zero attached hydrogens (tertiary/aromatic N) is 12. The average molecular weight is 921 g/mol. The van der Waals surface area contributed by atoms with Gasteiger partial charge in [0.1, 0.15) is 23.7 Å². The summed E-state index contributed by atoms with van der Waals surface area (Å²) in [5.41, 5.74) is 10.4. The third-order valence-corrected chi connectivity index (χ3v) is 8.78. The number of unbranched alkanes of at least 4 members (excludes halogenated alkanes) is 1. The topological polar surface area (TPSA) is 274 Å². The van der Waals surface area contributed by atoms with Crippen molar-refractivity contribution >= 4 is 5.91 Å². The normalized spacial score (nSPS) is 12.3. The second-order valence-corrected chi connectivity index (χ2v) is 14.2. The summed E-state index contributed by atoms with van der Waals surface area (Å²) in [4.78, 5) is 14.9. The molecular formula is C40H68N14O11. The second-order valence-electron chi connectivity index (χ2n) is 14.2. The largest absolute Gasteiger partial charge is 0.379 e. The predicted octanol–water partition coefficient (Wildman–Crippen LogP) is 0.734. The molecule has 0 aliphatic heterocycles. The van der Waals surface area contributed by atoms with E-state index in [0.29, 0.717) is 169 Å². The number of hydrogen-bond acceptors (Lipinski definition) is 19. The highest BCUT2D eigenvalue weighted by atomic mass is 16.5. The van der Waals surface area contributed by atoms with Crippen LogP contribution >= 0.6 is 0 Å². The molecule has 25 nitrogen and oxygen atoms in total. The molecule has 0 radical (unpaired) electrons. The molecule has 65 heavy (non-hydrogen) atoms. The number of amides is 1. The SMILES string of the molecule is C#CCOCCOCC(COCCOCc1cn(CCOCCn2cc(COCCOCC(COCCOCc3cn(CCOCCN=[N+]=[N-])nn3)NC)nn2)nn1)NC(=O)CCCC. The molecule has 0 aliphatic carbocycles. The predicted molar refractivity (Wildman–Crippen MR) is 232 cm³/mol. The van der Waals surface area contributed by atoms with Gasteiger partial charge in [-0.3, -0.25) is 4.79 Å². The van der Waals surface area contributed by atoms with Gasteiger partial charge in [0.05, 0.1) is 176 Å². The summed E-state index contributed by atoms with van der Waals surface area (Å²) in [6.07, 6.45) is 12.9. The van der Waals surface area contributed by atoms with E-state index >= 15 is 0 Å². The number of nitrogens with one attached hydrogen (secondary N) is 2. The molecule has 0 fully saturated rings. The number of rotatable bonds is 44. The van der Waals surface area contributed by atoms with Gasteiger partial charge in [-0.2, -0.15) is 0 Å². The smallest absolute Gasteiger partial charge is 0.220 e. The fraction of sp³-hybridized carbons (Fsp3) is 0.775. The molecule has 0 saturated carbocycles. The first-order valence-electron chi connectivity index (χ1n) is 21.9. The number of terminal acetylenes is 1. The van der Waals surface area contributed by atoms with Gasteiger partial charge in [-0.05, 0) is 19.0 Å². The summed E-state index contributed by atoms with van der Waals surface area (Å²) in [5.74, 6) is 2.38. The summed E-state index contributed by atoms with van der Waals surface area (Å²) in [6, 6.07) is -0.267. The Hall–Kier alpha value is -4.68. The Kier molecular flexibility index (Phi) is 31.6. The van der Waals surface area contributed by atoms with Crippen molar-refractivity contribution in [3.05, 3.63) is 46.1 Å². The average Bonchev–Trinajstić information content (AvgIpc) is 4.09. The molecule has 0 bridgehead atoms. The standard InChI is InChI=1S/C40H68N14O11/c1-4-6-7-40(55)44-39(33-64-18-17-56-12-5-2)34-65-24-21-61-30-37-27-54(51-47-37)11-16-58-15-10-53-26-36(46-50-53)29-60-20-23-63-32-38(42-3)31-62-22-19-59-28-35-25-52(49-45-35)9-14-57-13-8-43-48-41/h2,25-27,38-39,42H,4,6-24,28-34H2,1,3H3,(H,44,55). The maximum absolute atomic E-state index is 12.2. The van der Waals surface area contributed by atoms with Crippen molar-refractivity contribution in [2.45, 2.75) is 77.7 Å². The summed E-state index contributed by atoms with van der Waals surface area (Å²) >= 11 is 0. The lowest BCUT2D eigenvalue weighted by atomic mass is 10.2. The van der Waals surface area contributed by atoms with Gasteiger partial charge in [-0.25, -0.2) is 14.0 Å². The lowest BCUT2D eigenvalue weighted by Gasteiger charge is -2.19. The molecular weight excluding hydrogens is 853 g/mol. The second kappa shape index (κ2) is 37.5. The Morgan fingerprint density at radius 3 is 1.52 bits per heavy atom. The highest BCUT2D eigenvalue weighted by molar-refractivity contribution is 5.76. The lowest BCUT2D eigenvalue weighted by Crippen LogP contribution is -2.42. The van der Waals surface area contributed by atoms with Crippen LogP contribution in [0.2, 0.25) is 0 Å². The number of carbonyl (C=O) groups excluding carboxylic acids is 1. The first-order chi connectivity index (χ1) is 32.0. The van der Waals surface area contributed by atoms with Crippen LogP contribution in [0.3, 0.4) is 0 Å². The minimum atomic E-state index is -0.284. The van der Waals surface area contributed by atoms with Gasteiger partial charge in [0.25, 0.3) is 0 Å². The zero-order chi connectivity index (χ0) is 46.3. The number of azide groups is 1. The van der Waals surface area contributed by atoms with E-state index in [1.165, 1.54) is 0 Å². The molecule has 2 atom stereocenters. The molecule has 364 valence electrons. The van der Waals surface area contributed by atoms with Gasteiger partial charge in [0.2, 0.25) is 5.91 Å². The Balaban J connectivity index is 1.13. The van der Waals surface area contributed by atoms with Crippen LogP contribution in [0, 0.1) is 12.3 Å². The molecule has 3 heterocycles. The minimum Gasteiger partial charge on any atom is -0.379 e.